The monoisotopic (exact) mass is 326 g/mol. The summed E-state index contributed by atoms with van der Waals surface area (Å²) in [4.78, 5) is 22.3. The molecule has 0 atom stereocenters. The molecular weight excluding hydrogens is 310 g/mol. The molecule has 0 aliphatic rings. The van der Waals surface area contributed by atoms with E-state index in [-0.39, 0.29) is 11.7 Å². The molecule has 23 heavy (non-hydrogen) atoms. The molecule has 0 unspecified atom stereocenters. The van der Waals surface area contributed by atoms with Gasteiger partial charge in [-0.1, -0.05) is 18.7 Å². The molecule has 2 aromatic heterocycles. The third kappa shape index (κ3) is 3.89. The van der Waals surface area contributed by atoms with Crippen molar-refractivity contribution in [2.24, 2.45) is 0 Å². The number of rotatable bonds is 6. The average molecular weight is 326 g/mol. The Labute approximate surface area is 137 Å². The first-order chi connectivity index (χ1) is 11.2. The lowest BCUT2D eigenvalue weighted by molar-refractivity contribution is -0.396. The van der Waals surface area contributed by atoms with Crippen molar-refractivity contribution in [2.75, 3.05) is 5.75 Å². The zero-order chi connectivity index (χ0) is 16.1. The number of fused-ring (bicyclic) bond motifs is 1. The van der Waals surface area contributed by atoms with Crippen LogP contribution in [0.1, 0.15) is 5.56 Å². The third-order valence-corrected chi connectivity index (χ3v) is 4.03. The van der Waals surface area contributed by atoms with Gasteiger partial charge in [-0.3, -0.25) is 20.6 Å². The summed E-state index contributed by atoms with van der Waals surface area (Å²) in [5, 5.41) is 0.840. The largest absolute Gasteiger partial charge is 0.315 e. The molecule has 0 aliphatic heterocycles. The summed E-state index contributed by atoms with van der Waals surface area (Å²) in [6, 6.07) is 11.6. The molecule has 0 bridgehead atoms. The summed E-state index contributed by atoms with van der Waals surface area (Å²) in [6.45, 7) is 3.86. The summed E-state index contributed by atoms with van der Waals surface area (Å²) in [6.07, 6.45) is 3.36. The van der Waals surface area contributed by atoms with Crippen LogP contribution < -0.4 is 15.8 Å². The summed E-state index contributed by atoms with van der Waals surface area (Å²) in [5.41, 5.74) is 8.85. The molecule has 116 valence electrons. The fourth-order valence-electron chi connectivity index (χ4n) is 1.98. The van der Waals surface area contributed by atoms with Gasteiger partial charge in [0.15, 0.2) is 11.0 Å². The maximum Gasteiger partial charge on any atom is 0.315 e. The molecule has 1 amide bonds. The van der Waals surface area contributed by atoms with Crippen LogP contribution in [0.4, 0.5) is 0 Å². The van der Waals surface area contributed by atoms with Crippen molar-refractivity contribution in [2.45, 2.75) is 5.16 Å². The standard InChI is InChI=1S/C16H15N5OS/c1-11(12-5-4-8-17-9-12)20-21-15(22)10-23-16-18-13-6-2-3-7-14(13)19-16/h2-9,20H,1,10H2,(H,18,19)(H,21,22)/p+1. The number of H-pyrrole nitrogens is 2. The van der Waals surface area contributed by atoms with E-state index >= 15 is 0 Å². The van der Waals surface area contributed by atoms with Gasteiger partial charge < -0.3 is 0 Å². The van der Waals surface area contributed by atoms with Crippen LogP contribution >= 0.6 is 11.8 Å². The van der Waals surface area contributed by atoms with Gasteiger partial charge >= 0.3 is 5.16 Å². The molecule has 0 radical (unpaired) electrons. The maximum absolute atomic E-state index is 11.9. The molecule has 3 aromatic rings. The number of aromatic nitrogens is 3. The van der Waals surface area contributed by atoms with Crippen molar-refractivity contribution >= 4 is 34.4 Å². The molecule has 1 aromatic carbocycles. The topological polar surface area (TPSA) is 84.0 Å². The number of hydrogen-bond donors (Lipinski definition) is 3. The number of carbonyl (C=O) groups is 1. The first-order valence-electron chi connectivity index (χ1n) is 6.99. The molecule has 0 fully saturated rings. The van der Waals surface area contributed by atoms with E-state index in [0.717, 1.165) is 21.8 Å². The molecule has 0 aliphatic carbocycles. The second-order valence-corrected chi connectivity index (χ2v) is 5.79. The van der Waals surface area contributed by atoms with Crippen LogP contribution in [0, 0.1) is 0 Å². The minimum atomic E-state index is -0.146. The zero-order valence-electron chi connectivity index (χ0n) is 12.3. The van der Waals surface area contributed by atoms with Gasteiger partial charge in [0.1, 0.15) is 0 Å². The number of para-hydroxylation sites is 2. The van der Waals surface area contributed by atoms with E-state index in [2.05, 4.69) is 32.4 Å². The van der Waals surface area contributed by atoms with Gasteiger partial charge in [-0.15, -0.1) is 0 Å². The first kappa shape index (κ1) is 15.1. The second kappa shape index (κ2) is 6.97. The molecule has 4 N–H and O–H groups in total. The van der Waals surface area contributed by atoms with Gasteiger partial charge in [-0.2, -0.15) is 0 Å². The Morgan fingerprint density at radius 1 is 1.26 bits per heavy atom. The Morgan fingerprint density at radius 3 is 2.91 bits per heavy atom. The van der Waals surface area contributed by atoms with E-state index in [1.54, 1.807) is 12.4 Å². The maximum atomic E-state index is 11.9. The molecule has 0 spiro atoms. The van der Waals surface area contributed by atoms with Gasteiger partial charge in [-0.25, -0.2) is 9.97 Å². The molecule has 2 heterocycles. The lowest BCUT2D eigenvalue weighted by Gasteiger charge is -2.09. The number of benzene rings is 1. The van der Waals surface area contributed by atoms with E-state index < -0.39 is 0 Å². The van der Waals surface area contributed by atoms with Gasteiger partial charge in [0.2, 0.25) is 5.91 Å². The van der Waals surface area contributed by atoms with Crippen LogP contribution in [-0.2, 0) is 4.79 Å². The van der Waals surface area contributed by atoms with Crippen molar-refractivity contribution in [1.29, 1.82) is 0 Å². The van der Waals surface area contributed by atoms with Gasteiger partial charge in [0.25, 0.3) is 0 Å². The van der Waals surface area contributed by atoms with E-state index in [9.17, 15) is 4.79 Å². The van der Waals surface area contributed by atoms with Gasteiger partial charge in [0, 0.05) is 18.0 Å². The smallest absolute Gasteiger partial charge is 0.299 e. The summed E-state index contributed by atoms with van der Waals surface area (Å²) >= 11 is 1.40. The van der Waals surface area contributed by atoms with E-state index in [1.807, 2.05) is 36.4 Å². The van der Waals surface area contributed by atoms with Crippen LogP contribution in [0.5, 0.6) is 0 Å². The minimum Gasteiger partial charge on any atom is -0.299 e. The lowest BCUT2D eigenvalue weighted by Crippen LogP contribution is -2.37. The first-order valence-corrected chi connectivity index (χ1v) is 7.98. The number of thioether (sulfide) groups is 1. The average Bonchev–Trinajstić information content (AvgIpc) is 3.01. The quantitative estimate of drug-likeness (QED) is 0.476. The van der Waals surface area contributed by atoms with Crippen LogP contribution in [0.2, 0.25) is 0 Å². The predicted octanol–water partition coefficient (Wildman–Crippen LogP) is 1.76. The lowest BCUT2D eigenvalue weighted by atomic mass is 10.2. The number of hydrazine groups is 1. The molecule has 0 saturated heterocycles. The number of nitrogens with zero attached hydrogens (tertiary/aromatic N) is 1. The number of imidazole rings is 1. The Balaban J connectivity index is 1.49. The number of carbonyl (C=O) groups excluding carboxylic acids is 1. The van der Waals surface area contributed by atoms with Crippen molar-refractivity contribution < 1.29 is 9.78 Å². The highest BCUT2D eigenvalue weighted by Crippen LogP contribution is 2.14. The second-order valence-electron chi connectivity index (χ2n) is 4.81. The van der Waals surface area contributed by atoms with Gasteiger partial charge in [0.05, 0.1) is 11.4 Å². The number of pyridine rings is 1. The molecule has 7 heteroatoms. The van der Waals surface area contributed by atoms with Gasteiger partial charge in [-0.05, 0) is 36.0 Å². The highest BCUT2D eigenvalue weighted by Gasteiger charge is 2.12. The third-order valence-electron chi connectivity index (χ3n) is 3.13. The number of hydrogen-bond acceptors (Lipinski definition) is 4. The van der Waals surface area contributed by atoms with Crippen molar-refractivity contribution in [1.82, 2.24) is 20.8 Å². The summed E-state index contributed by atoms with van der Waals surface area (Å²) in [7, 11) is 0. The fraction of sp³-hybridized carbons (Fsp3) is 0.0625. The molecule has 3 rings (SSSR count). The number of aromatic amines is 2. The van der Waals surface area contributed by atoms with Crippen LogP contribution in [0.15, 0.2) is 60.5 Å². The summed E-state index contributed by atoms with van der Waals surface area (Å²) < 4.78 is 0. The number of amides is 1. The summed E-state index contributed by atoms with van der Waals surface area (Å²) in [5.74, 6) is 0.128. The SMILES string of the molecule is C=C(NNC(=O)CSc1[nH]c2ccccc2[nH+]1)c1cccnc1. The van der Waals surface area contributed by atoms with Crippen LogP contribution in [0.3, 0.4) is 0 Å². The minimum absolute atomic E-state index is 0.146. The van der Waals surface area contributed by atoms with E-state index in [4.69, 9.17) is 0 Å². The normalized spacial score (nSPS) is 10.4. The molecular formula is C16H16N5OS+. The Hall–Kier alpha value is -2.80. The van der Waals surface area contributed by atoms with E-state index in [1.165, 1.54) is 11.8 Å². The van der Waals surface area contributed by atoms with Crippen LogP contribution in [0.25, 0.3) is 16.7 Å². The predicted molar refractivity (Wildman–Crippen MR) is 90.1 cm³/mol. The fourth-order valence-corrected chi connectivity index (χ4v) is 2.69. The van der Waals surface area contributed by atoms with Crippen molar-refractivity contribution in [3.63, 3.8) is 0 Å². The zero-order valence-corrected chi connectivity index (χ0v) is 13.1. The molecule has 0 saturated carbocycles. The van der Waals surface area contributed by atoms with Crippen molar-refractivity contribution in [3.05, 3.63) is 60.9 Å². The highest BCUT2D eigenvalue weighted by atomic mass is 32.2. The number of nitrogens with one attached hydrogen (secondary N) is 4. The van der Waals surface area contributed by atoms with E-state index in [0.29, 0.717) is 5.70 Å². The van der Waals surface area contributed by atoms with Crippen LogP contribution in [-0.4, -0.2) is 21.6 Å². The Morgan fingerprint density at radius 2 is 2.13 bits per heavy atom. The highest BCUT2D eigenvalue weighted by molar-refractivity contribution is 7.99. The van der Waals surface area contributed by atoms with Crippen molar-refractivity contribution in [3.8, 4) is 0 Å². The Kier molecular flexibility index (Phi) is 4.58. The molecule has 6 nitrogen and oxygen atoms in total. The Bertz CT molecular complexity index is 798.